The number of hydrogen-bond donors (Lipinski definition) is 1. The molecule has 0 saturated heterocycles. The fourth-order valence-electron chi connectivity index (χ4n) is 0.885. The number of anilines is 1. The van der Waals surface area contributed by atoms with Gasteiger partial charge in [-0.15, -0.1) is 11.3 Å². The molecule has 0 saturated carbocycles. The number of rotatable bonds is 1. The van der Waals surface area contributed by atoms with Gasteiger partial charge in [-0.3, -0.25) is 0 Å². The van der Waals surface area contributed by atoms with E-state index in [0.717, 1.165) is 11.4 Å². The molecule has 62 valence electrons. The number of nitrogens with two attached hydrogens (primary N) is 1. The molecule has 0 aliphatic carbocycles. The van der Waals surface area contributed by atoms with Crippen LogP contribution in [0.15, 0.2) is 16.0 Å². The number of thiazole rings is 1. The number of aromatic nitrogens is 2. The highest BCUT2D eigenvalue weighted by molar-refractivity contribution is 7.13. The van der Waals surface area contributed by atoms with E-state index in [2.05, 4.69) is 10.1 Å². The van der Waals surface area contributed by atoms with Crippen molar-refractivity contribution >= 4 is 16.5 Å². The molecule has 0 bridgehead atoms. The molecule has 2 rings (SSSR count). The van der Waals surface area contributed by atoms with Crippen LogP contribution in [0.25, 0.3) is 11.5 Å². The van der Waals surface area contributed by atoms with E-state index >= 15 is 0 Å². The molecule has 0 fully saturated rings. The monoisotopic (exact) mass is 181 g/mol. The Morgan fingerprint density at radius 1 is 1.58 bits per heavy atom. The quantitative estimate of drug-likeness (QED) is 0.727. The average molecular weight is 181 g/mol. The van der Waals surface area contributed by atoms with E-state index in [9.17, 15) is 0 Å². The molecule has 0 radical (unpaired) electrons. The molecule has 0 aromatic carbocycles. The molecule has 0 unspecified atom stereocenters. The zero-order valence-corrected chi connectivity index (χ0v) is 7.26. The Kier molecular flexibility index (Phi) is 1.58. The first-order valence-electron chi connectivity index (χ1n) is 3.40. The first kappa shape index (κ1) is 7.30. The maximum atomic E-state index is 5.47. The molecule has 2 N–H and O–H groups in total. The summed E-state index contributed by atoms with van der Waals surface area (Å²) in [7, 11) is 0. The summed E-state index contributed by atoms with van der Waals surface area (Å²) in [5.74, 6) is 0.667. The minimum atomic E-state index is 0.541. The van der Waals surface area contributed by atoms with Crippen molar-refractivity contribution in [3.05, 3.63) is 17.1 Å². The Hall–Kier alpha value is -1.36. The van der Waals surface area contributed by atoms with Gasteiger partial charge in [-0.05, 0) is 6.92 Å². The van der Waals surface area contributed by atoms with Crippen molar-refractivity contribution < 1.29 is 4.52 Å². The van der Waals surface area contributed by atoms with Crippen LogP contribution in [-0.2, 0) is 0 Å². The van der Waals surface area contributed by atoms with Crippen molar-refractivity contribution in [3.8, 4) is 11.5 Å². The Morgan fingerprint density at radius 3 is 2.92 bits per heavy atom. The molecular formula is C7H7N3OS. The lowest BCUT2D eigenvalue weighted by Crippen LogP contribution is -1.81. The van der Waals surface area contributed by atoms with Crippen molar-refractivity contribution in [1.82, 2.24) is 10.1 Å². The Bertz CT molecular complexity index is 355. The number of nitrogens with zero attached hydrogens (tertiary/aromatic N) is 2. The van der Waals surface area contributed by atoms with E-state index in [4.69, 9.17) is 10.3 Å². The maximum absolute atomic E-state index is 5.47. The Balaban J connectivity index is 2.43. The first-order chi connectivity index (χ1) is 5.75. The minimum absolute atomic E-state index is 0.541. The molecule has 0 spiro atoms. The van der Waals surface area contributed by atoms with Crippen molar-refractivity contribution in [2.24, 2.45) is 0 Å². The lowest BCUT2D eigenvalue weighted by atomic mass is 10.3. The topological polar surface area (TPSA) is 64.9 Å². The predicted molar refractivity (Wildman–Crippen MR) is 46.8 cm³/mol. The van der Waals surface area contributed by atoms with Crippen LogP contribution >= 0.6 is 11.3 Å². The molecule has 5 heteroatoms. The van der Waals surface area contributed by atoms with Crippen LogP contribution in [0.1, 0.15) is 5.69 Å². The van der Waals surface area contributed by atoms with Crippen LogP contribution < -0.4 is 5.73 Å². The van der Waals surface area contributed by atoms with E-state index < -0.39 is 0 Å². The van der Waals surface area contributed by atoms with Gasteiger partial charge in [-0.2, -0.15) is 0 Å². The highest BCUT2D eigenvalue weighted by Gasteiger charge is 2.06. The minimum Gasteiger partial charge on any atom is -0.375 e. The summed E-state index contributed by atoms with van der Waals surface area (Å²) >= 11 is 1.39. The fraction of sp³-hybridized carbons (Fsp3) is 0.143. The summed E-state index contributed by atoms with van der Waals surface area (Å²) in [6, 6.07) is 1.83. The van der Waals surface area contributed by atoms with E-state index in [-0.39, 0.29) is 0 Å². The van der Waals surface area contributed by atoms with Gasteiger partial charge in [0.05, 0.1) is 5.69 Å². The summed E-state index contributed by atoms with van der Waals surface area (Å²) in [6.07, 6.45) is 0. The van der Waals surface area contributed by atoms with Crippen LogP contribution in [-0.4, -0.2) is 10.1 Å². The second kappa shape index (κ2) is 2.60. The van der Waals surface area contributed by atoms with Crippen LogP contribution in [0.2, 0.25) is 0 Å². The predicted octanol–water partition coefficient (Wildman–Crippen LogP) is 1.69. The lowest BCUT2D eigenvalue weighted by Gasteiger charge is -1.82. The lowest BCUT2D eigenvalue weighted by molar-refractivity contribution is 0.426. The number of nitrogen functional groups attached to an aromatic ring is 1. The summed E-state index contributed by atoms with van der Waals surface area (Å²) in [4.78, 5) is 4.06. The molecule has 12 heavy (non-hydrogen) atoms. The molecular weight excluding hydrogens is 174 g/mol. The van der Waals surface area contributed by atoms with Crippen molar-refractivity contribution in [1.29, 1.82) is 0 Å². The average Bonchev–Trinajstić information content (AvgIpc) is 2.58. The molecule has 2 aromatic rings. The Morgan fingerprint density at radius 2 is 2.42 bits per heavy atom. The highest BCUT2D eigenvalue weighted by atomic mass is 32.1. The summed E-state index contributed by atoms with van der Waals surface area (Å²) in [6.45, 7) is 1.86. The van der Waals surface area contributed by atoms with Gasteiger partial charge in [-0.25, -0.2) is 4.98 Å². The molecule has 0 atom stereocenters. The number of hydrogen-bond acceptors (Lipinski definition) is 5. The van der Waals surface area contributed by atoms with Gasteiger partial charge in [0.25, 0.3) is 0 Å². The third-order valence-corrected chi connectivity index (χ3v) is 2.08. The zero-order valence-electron chi connectivity index (χ0n) is 6.44. The van der Waals surface area contributed by atoms with Gasteiger partial charge in [0.1, 0.15) is 5.69 Å². The maximum Gasteiger partial charge on any atom is 0.186 e. The summed E-state index contributed by atoms with van der Waals surface area (Å²) in [5, 5.41) is 6.13. The fourth-order valence-corrected chi connectivity index (χ4v) is 1.44. The molecule has 2 heterocycles. The van der Waals surface area contributed by atoms with Gasteiger partial charge in [0.15, 0.2) is 10.9 Å². The third-order valence-electron chi connectivity index (χ3n) is 1.40. The van der Waals surface area contributed by atoms with Crippen LogP contribution in [0, 0.1) is 6.92 Å². The van der Waals surface area contributed by atoms with Gasteiger partial charge in [-0.1, -0.05) is 5.16 Å². The first-order valence-corrected chi connectivity index (χ1v) is 4.28. The van der Waals surface area contributed by atoms with Crippen molar-refractivity contribution in [2.75, 3.05) is 5.73 Å². The van der Waals surface area contributed by atoms with E-state index in [1.165, 1.54) is 11.3 Å². The SMILES string of the molecule is Cc1cc(-c2csc(N)n2)on1. The summed E-state index contributed by atoms with van der Waals surface area (Å²) < 4.78 is 5.00. The molecule has 0 aliphatic rings. The summed E-state index contributed by atoms with van der Waals surface area (Å²) in [5.41, 5.74) is 7.06. The molecule has 2 aromatic heterocycles. The van der Waals surface area contributed by atoms with Gasteiger partial charge < -0.3 is 10.3 Å². The molecule has 0 amide bonds. The van der Waals surface area contributed by atoms with Gasteiger partial charge in [0.2, 0.25) is 0 Å². The second-order valence-electron chi connectivity index (χ2n) is 2.40. The van der Waals surface area contributed by atoms with Crippen LogP contribution in [0.3, 0.4) is 0 Å². The second-order valence-corrected chi connectivity index (χ2v) is 3.29. The smallest absolute Gasteiger partial charge is 0.186 e. The van der Waals surface area contributed by atoms with Gasteiger partial charge in [0, 0.05) is 11.4 Å². The zero-order chi connectivity index (χ0) is 8.55. The Labute approximate surface area is 73.0 Å². The van der Waals surface area contributed by atoms with E-state index in [0.29, 0.717) is 10.9 Å². The molecule has 4 nitrogen and oxygen atoms in total. The van der Waals surface area contributed by atoms with E-state index in [1.807, 2.05) is 18.4 Å². The van der Waals surface area contributed by atoms with Crippen LogP contribution in [0.5, 0.6) is 0 Å². The molecule has 0 aliphatic heterocycles. The van der Waals surface area contributed by atoms with E-state index in [1.54, 1.807) is 0 Å². The number of aryl methyl sites for hydroxylation is 1. The highest BCUT2D eigenvalue weighted by Crippen LogP contribution is 2.23. The van der Waals surface area contributed by atoms with Crippen molar-refractivity contribution in [2.45, 2.75) is 6.92 Å². The third kappa shape index (κ3) is 1.18. The standard InChI is InChI=1S/C7H7N3OS/c1-4-2-6(11-10-4)5-3-12-7(8)9-5/h2-3H,1H3,(H2,8,9). The van der Waals surface area contributed by atoms with Crippen LogP contribution in [0.4, 0.5) is 5.13 Å². The largest absolute Gasteiger partial charge is 0.375 e. The normalized spacial score (nSPS) is 10.4. The van der Waals surface area contributed by atoms with Gasteiger partial charge >= 0.3 is 0 Å². The van der Waals surface area contributed by atoms with Crippen molar-refractivity contribution in [3.63, 3.8) is 0 Å².